The first-order valence-corrected chi connectivity index (χ1v) is 4.30. The molecule has 0 fully saturated rings. The Morgan fingerprint density at radius 2 is 2.07 bits per heavy atom. The number of hydrogen-bond acceptors (Lipinski definition) is 4. The smallest absolute Gasteiger partial charge is 0.316 e. The van der Waals surface area contributed by atoms with Crippen molar-refractivity contribution in [3.63, 3.8) is 0 Å². The third kappa shape index (κ3) is 2.10. The SMILES string of the molecule is Cc1ccc(COc2ncccn2)o1. The summed E-state index contributed by atoms with van der Waals surface area (Å²) in [6, 6.07) is 5.87. The predicted octanol–water partition coefficient (Wildman–Crippen LogP) is 1.96. The molecule has 0 aliphatic heterocycles. The third-order valence-corrected chi connectivity index (χ3v) is 1.68. The molecule has 2 heterocycles. The highest BCUT2D eigenvalue weighted by molar-refractivity contribution is 5.05. The number of furan rings is 1. The van der Waals surface area contributed by atoms with Crippen LogP contribution < -0.4 is 4.74 Å². The lowest BCUT2D eigenvalue weighted by Crippen LogP contribution is -1.97. The maximum atomic E-state index is 5.32. The van der Waals surface area contributed by atoms with Crippen LogP contribution in [0.2, 0.25) is 0 Å². The Labute approximate surface area is 81.6 Å². The van der Waals surface area contributed by atoms with E-state index in [4.69, 9.17) is 9.15 Å². The van der Waals surface area contributed by atoms with Crippen molar-refractivity contribution in [3.05, 3.63) is 42.1 Å². The van der Waals surface area contributed by atoms with Crippen LogP contribution in [-0.4, -0.2) is 9.97 Å². The fourth-order valence-corrected chi connectivity index (χ4v) is 1.06. The van der Waals surface area contributed by atoms with Gasteiger partial charge >= 0.3 is 6.01 Å². The van der Waals surface area contributed by atoms with Gasteiger partial charge in [-0.3, -0.25) is 0 Å². The number of ether oxygens (including phenoxy) is 1. The van der Waals surface area contributed by atoms with E-state index in [-0.39, 0.29) is 0 Å². The summed E-state index contributed by atoms with van der Waals surface area (Å²) >= 11 is 0. The Morgan fingerprint density at radius 1 is 1.29 bits per heavy atom. The molecule has 0 atom stereocenters. The van der Waals surface area contributed by atoms with Crippen molar-refractivity contribution in [3.8, 4) is 6.01 Å². The van der Waals surface area contributed by atoms with E-state index in [1.807, 2.05) is 19.1 Å². The van der Waals surface area contributed by atoms with Crippen LogP contribution in [0.5, 0.6) is 6.01 Å². The molecule has 0 aliphatic rings. The van der Waals surface area contributed by atoms with Crippen molar-refractivity contribution < 1.29 is 9.15 Å². The van der Waals surface area contributed by atoms with E-state index in [2.05, 4.69) is 9.97 Å². The maximum absolute atomic E-state index is 5.32. The van der Waals surface area contributed by atoms with Gasteiger partial charge in [-0.1, -0.05) is 0 Å². The van der Waals surface area contributed by atoms with Crippen LogP contribution >= 0.6 is 0 Å². The Bertz CT molecular complexity index is 398. The molecule has 72 valence electrons. The number of hydrogen-bond donors (Lipinski definition) is 0. The number of aryl methyl sites for hydroxylation is 1. The lowest BCUT2D eigenvalue weighted by molar-refractivity contribution is 0.248. The fourth-order valence-electron chi connectivity index (χ4n) is 1.06. The monoisotopic (exact) mass is 190 g/mol. The molecular weight excluding hydrogens is 180 g/mol. The lowest BCUT2D eigenvalue weighted by atomic mass is 10.4. The largest absolute Gasteiger partial charge is 0.463 e. The van der Waals surface area contributed by atoms with Crippen LogP contribution in [0.25, 0.3) is 0 Å². The molecule has 0 radical (unpaired) electrons. The molecule has 2 aromatic heterocycles. The van der Waals surface area contributed by atoms with Gasteiger partial charge < -0.3 is 9.15 Å². The average Bonchev–Trinajstić information content (AvgIpc) is 2.63. The van der Waals surface area contributed by atoms with Gasteiger partial charge in [0.15, 0.2) is 0 Å². The van der Waals surface area contributed by atoms with Crippen molar-refractivity contribution in [2.75, 3.05) is 0 Å². The minimum absolute atomic E-state index is 0.359. The van der Waals surface area contributed by atoms with Gasteiger partial charge in [-0.15, -0.1) is 0 Å². The lowest BCUT2D eigenvalue weighted by Gasteiger charge is -1.99. The summed E-state index contributed by atoms with van der Waals surface area (Å²) in [4.78, 5) is 7.85. The van der Waals surface area contributed by atoms with Crippen molar-refractivity contribution >= 4 is 0 Å². The molecule has 0 spiro atoms. The van der Waals surface area contributed by atoms with Crippen LogP contribution in [0, 0.1) is 6.92 Å². The first-order valence-electron chi connectivity index (χ1n) is 4.30. The normalized spacial score (nSPS) is 10.1. The summed E-state index contributed by atoms with van der Waals surface area (Å²) in [5, 5.41) is 0. The van der Waals surface area contributed by atoms with Gasteiger partial charge in [0.25, 0.3) is 0 Å². The Kier molecular flexibility index (Phi) is 2.44. The van der Waals surface area contributed by atoms with Crippen molar-refractivity contribution in [1.82, 2.24) is 9.97 Å². The zero-order valence-corrected chi connectivity index (χ0v) is 7.80. The quantitative estimate of drug-likeness (QED) is 0.742. The highest BCUT2D eigenvalue weighted by Gasteiger charge is 2.00. The van der Waals surface area contributed by atoms with Crippen LogP contribution in [0.15, 0.2) is 35.0 Å². The van der Waals surface area contributed by atoms with E-state index in [1.165, 1.54) is 0 Å². The van der Waals surface area contributed by atoms with Crippen LogP contribution in [0.3, 0.4) is 0 Å². The number of aromatic nitrogens is 2. The highest BCUT2D eigenvalue weighted by Crippen LogP contribution is 2.08. The summed E-state index contributed by atoms with van der Waals surface area (Å²) < 4.78 is 10.6. The predicted molar refractivity (Wildman–Crippen MR) is 49.8 cm³/mol. The van der Waals surface area contributed by atoms with Gasteiger partial charge in [0.2, 0.25) is 0 Å². The fraction of sp³-hybridized carbons (Fsp3) is 0.200. The molecule has 0 saturated heterocycles. The van der Waals surface area contributed by atoms with E-state index < -0.39 is 0 Å². The second-order valence-corrected chi connectivity index (χ2v) is 2.83. The van der Waals surface area contributed by atoms with Gasteiger partial charge in [0, 0.05) is 12.4 Å². The summed E-state index contributed by atoms with van der Waals surface area (Å²) in [5.74, 6) is 1.65. The van der Waals surface area contributed by atoms with Crippen LogP contribution in [0.4, 0.5) is 0 Å². The van der Waals surface area contributed by atoms with Crippen molar-refractivity contribution in [1.29, 1.82) is 0 Å². The summed E-state index contributed by atoms with van der Waals surface area (Å²) in [6.45, 7) is 2.25. The maximum Gasteiger partial charge on any atom is 0.316 e. The standard InChI is InChI=1S/C10H10N2O2/c1-8-3-4-9(14-8)7-13-10-11-5-2-6-12-10/h2-6H,7H2,1H3. The molecule has 0 bridgehead atoms. The van der Waals surface area contributed by atoms with E-state index in [1.54, 1.807) is 18.5 Å². The molecule has 0 aliphatic carbocycles. The van der Waals surface area contributed by atoms with E-state index in [0.717, 1.165) is 11.5 Å². The second kappa shape index (κ2) is 3.91. The second-order valence-electron chi connectivity index (χ2n) is 2.83. The molecule has 4 heteroatoms. The Balaban J connectivity index is 1.95. The van der Waals surface area contributed by atoms with Crippen LogP contribution in [-0.2, 0) is 6.61 Å². The van der Waals surface area contributed by atoms with E-state index >= 15 is 0 Å². The molecule has 0 aromatic carbocycles. The molecule has 14 heavy (non-hydrogen) atoms. The Hall–Kier alpha value is -1.84. The van der Waals surface area contributed by atoms with E-state index in [9.17, 15) is 0 Å². The van der Waals surface area contributed by atoms with Gasteiger partial charge in [-0.05, 0) is 25.1 Å². The van der Waals surface area contributed by atoms with E-state index in [0.29, 0.717) is 12.6 Å². The highest BCUT2D eigenvalue weighted by atomic mass is 16.5. The molecule has 0 unspecified atom stereocenters. The van der Waals surface area contributed by atoms with Crippen LogP contribution in [0.1, 0.15) is 11.5 Å². The molecule has 0 N–H and O–H groups in total. The first-order chi connectivity index (χ1) is 6.84. The first kappa shape index (κ1) is 8.74. The topological polar surface area (TPSA) is 48.2 Å². The molecular formula is C10H10N2O2. The summed E-state index contributed by atoms with van der Waals surface area (Å²) in [5.41, 5.74) is 0. The van der Waals surface area contributed by atoms with Gasteiger partial charge in [-0.2, -0.15) is 0 Å². The Morgan fingerprint density at radius 3 is 2.71 bits per heavy atom. The summed E-state index contributed by atoms with van der Waals surface area (Å²) in [6.07, 6.45) is 3.27. The minimum Gasteiger partial charge on any atom is -0.463 e. The minimum atomic E-state index is 0.359. The van der Waals surface area contributed by atoms with Gasteiger partial charge in [0.05, 0.1) is 0 Å². The third-order valence-electron chi connectivity index (χ3n) is 1.68. The van der Waals surface area contributed by atoms with Gasteiger partial charge in [-0.25, -0.2) is 9.97 Å². The molecule has 2 aromatic rings. The van der Waals surface area contributed by atoms with Crippen molar-refractivity contribution in [2.45, 2.75) is 13.5 Å². The molecule has 4 nitrogen and oxygen atoms in total. The number of rotatable bonds is 3. The average molecular weight is 190 g/mol. The van der Waals surface area contributed by atoms with Gasteiger partial charge in [0.1, 0.15) is 18.1 Å². The number of nitrogens with zero attached hydrogens (tertiary/aromatic N) is 2. The zero-order valence-electron chi connectivity index (χ0n) is 7.80. The molecule has 2 rings (SSSR count). The zero-order chi connectivity index (χ0) is 9.80. The van der Waals surface area contributed by atoms with Crippen molar-refractivity contribution in [2.24, 2.45) is 0 Å². The molecule has 0 saturated carbocycles. The molecule has 0 amide bonds. The summed E-state index contributed by atoms with van der Waals surface area (Å²) in [7, 11) is 0.